The van der Waals surface area contributed by atoms with Crippen molar-refractivity contribution in [2.24, 2.45) is 0 Å². The Morgan fingerprint density at radius 3 is 1.43 bits per heavy atom. The predicted molar refractivity (Wildman–Crippen MR) is 114 cm³/mol. The van der Waals surface area contributed by atoms with Gasteiger partial charge in [0.2, 0.25) is 0 Å². The summed E-state index contributed by atoms with van der Waals surface area (Å²) < 4.78 is 1.75. The summed E-state index contributed by atoms with van der Waals surface area (Å²) in [5, 5.41) is 5.32. The molecule has 0 atom stereocenters. The molecule has 28 heavy (non-hydrogen) atoms. The number of fused-ring (bicyclic) bond motifs is 2. The molecule has 0 spiro atoms. The van der Waals surface area contributed by atoms with E-state index in [1.54, 1.807) is 27.4 Å². The summed E-state index contributed by atoms with van der Waals surface area (Å²) in [5.41, 5.74) is 0. The van der Waals surface area contributed by atoms with Crippen LogP contribution in [0.15, 0.2) is 84.9 Å². The molecule has 0 saturated carbocycles. The van der Waals surface area contributed by atoms with E-state index in [4.69, 9.17) is 0 Å². The Morgan fingerprint density at radius 1 is 0.679 bits per heavy atom. The Kier molecular flexibility index (Phi) is 15.3. The summed E-state index contributed by atoms with van der Waals surface area (Å²) in [7, 11) is 0. The molecule has 4 rings (SSSR count). The number of hydrogen-bond acceptors (Lipinski definition) is 0. The molecular weight excluding hydrogens is 462 g/mol. The van der Waals surface area contributed by atoms with Gasteiger partial charge in [0, 0.05) is 0 Å². The van der Waals surface area contributed by atoms with Crippen LogP contribution >= 0.6 is 0 Å². The zero-order valence-corrected chi connectivity index (χ0v) is 20.6. The van der Waals surface area contributed by atoms with Crippen molar-refractivity contribution >= 4 is 24.8 Å². The first-order chi connectivity index (χ1) is 12.7. The fourth-order valence-corrected chi connectivity index (χ4v) is 4.10. The topological polar surface area (TPSA) is 0 Å². The minimum absolute atomic E-state index is 0. The molecule has 0 aliphatic carbocycles. The maximum atomic E-state index is 2.25. The van der Waals surface area contributed by atoms with Crippen molar-refractivity contribution in [1.82, 2.24) is 0 Å². The molecule has 3 heteroatoms. The minimum Gasteiger partial charge on any atom is -1.00 e. The molecule has 0 nitrogen and oxygen atoms in total. The van der Waals surface area contributed by atoms with Gasteiger partial charge in [0.1, 0.15) is 0 Å². The van der Waals surface area contributed by atoms with Gasteiger partial charge in [-0.3, -0.25) is 0 Å². The Balaban J connectivity index is 0.000000379. The standard InChI is InChI=1S/2C9H7.C7H14.2ClH.Zr/c2*1-2-5-9-7-3-6-8(9)4-1;1-3-5-7-6-4-2;;;/h2*1-7H;3-6H2,1-2H3;2*1H;/q2*-1;;;;+2/p-2. The molecule has 0 bridgehead atoms. The average Bonchev–Trinajstić information content (AvgIpc) is 3.32. The maximum absolute atomic E-state index is 2.25. The van der Waals surface area contributed by atoms with E-state index in [1.807, 2.05) is 0 Å². The molecule has 0 aromatic heterocycles. The van der Waals surface area contributed by atoms with E-state index in [0.29, 0.717) is 0 Å². The Labute approximate surface area is 197 Å². The third-order valence-corrected chi connectivity index (χ3v) is 5.43. The van der Waals surface area contributed by atoms with Crippen molar-refractivity contribution in [3.8, 4) is 0 Å². The minimum atomic E-state index is 0. The summed E-state index contributed by atoms with van der Waals surface area (Å²) in [4.78, 5) is 0. The first-order valence-electron chi connectivity index (χ1n) is 9.51. The summed E-state index contributed by atoms with van der Waals surface area (Å²) >= 11 is 1.65. The molecular formula is C25H28Cl2Zr-2. The van der Waals surface area contributed by atoms with Crippen molar-refractivity contribution in [3.05, 3.63) is 84.9 Å². The third kappa shape index (κ3) is 9.46. The van der Waals surface area contributed by atoms with E-state index >= 15 is 0 Å². The van der Waals surface area contributed by atoms with Crippen LogP contribution in [0.1, 0.15) is 39.5 Å². The van der Waals surface area contributed by atoms with E-state index in [1.165, 1.54) is 47.2 Å². The smallest absolute Gasteiger partial charge is 0.0809 e. The van der Waals surface area contributed by atoms with Gasteiger partial charge in [-0.05, 0) is 0 Å². The number of halogens is 2. The molecule has 0 unspecified atom stereocenters. The fourth-order valence-electron chi connectivity index (χ4n) is 2.87. The van der Waals surface area contributed by atoms with E-state index in [0.717, 1.165) is 0 Å². The molecule has 0 saturated heterocycles. The molecule has 4 aromatic carbocycles. The molecule has 148 valence electrons. The Morgan fingerprint density at radius 2 is 1.07 bits per heavy atom. The molecule has 0 N–H and O–H groups in total. The summed E-state index contributed by atoms with van der Waals surface area (Å²) in [6.07, 6.45) is 5.40. The zero-order chi connectivity index (χ0) is 18.6. The van der Waals surface area contributed by atoms with Gasteiger partial charge in [0.15, 0.2) is 0 Å². The van der Waals surface area contributed by atoms with Crippen LogP contribution in [-0.4, -0.2) is 3.21 Å². The van der Waals surface area contributed by atoms with Crippen LogP contribution in [-0.2, 0) is 24.2 Å². The average molecular weight is 491 g/mol. The summed E-state index contributed by atoms with van der Waals surface area (Å²) in [6, 6.07) is 29.3. The van der Waals surface area contributed by atoms with Crippen molar-refractivity contribution in [3.63, 3.8) is 0 Å². The summed E-state index contributed by atoms with van der Waals surface area (Å²) in [5.74, 6) is 0. The number of benzene rings is 2. The van der Waals surface area contributed by atoms with Gasteiger partial charge >= 0.3 is 67.0 Å². The van der Waals surface area contributed by atoms with Crippen LogP contribution in [0, 0.1) is 0 Å². The first-order valence-corrected chi connectivity index (χ1v) is 10.7. The van der Waals surface area contributed by atoms with E-state index in [2.05, 4.69) is 98.8 Å². The first kappa shape index (κ1) is 27.0. The number of rotatable bonds is 4. The third-order valence-electron chi connectivity index (χ3n) is 4.20. The maximum Gasteiger partial charge on any atom is -0.0809 e. The van der Waals surface area contributed by atoms with Gasteiger partial charge < -0.3 is 24.8 Å². The van der Waals surface area contributed by atoms with Gasteiger partial charge in [-0.15, -0.1) is 59.3 Å². The largest absolute Gasteiger partial charge is 1.00 e. The van der Waals surface area contributed by atoms with Crippen LogP contribution in [0.25, 0.3) is 21.5 Å². The van der Waals surface area contributed by atoms with E-state index in [9.17, 15) is 0 Å². The molecule has 0 heterocycles. The molecule has 0 radical (unpaired) electrons. The van der Waals surface area contributed by atoms with Crippen molar-refractivity contribution in [1.29, 1.82) is 0 Å². The van der Waals surface area contributed by atoms with Crippen LogP contribution in [0.2, 0.25) is 0 Å². The molecule has 0 amide bonds. The SMILES string of the molecule is CCC[C](=[Zr+2])CCC.[Cl-].[Cl-].c1ccc2[cH-]ccc2c1.c1ccc2[cH-]ccc2c1. The predicted octanol–water partition coefficient (Wildman–Crippen LogP) is 1.43. The second-order valence-electron chi connectivity index (χ2n) is 6.41. The zero-order valence-electron chi connectivity index (χ0n) is 16.7. The normalized spacial score (nSPS) is 9.29. The summed E-state index contributed by atoms with van der Waals surface area (Å²) in [6.45, 7) is 4.50. The van der Waals surface area contributed by atoms with Gasteiger partial charge in [-0.1, -0.05) is 12.1 Å². The fraction of sp³-hybridized carbons (Fsp3) is 0.240. The van der Waals surface area contributed by atoms with Gasteiger partial charge in [0.25, 0.3) is 0 Å². The van der Waals surface area contributed by atoms with Crippen LogP contribution in [0.5, 0.6) is 0 Å². The second-order valence-corrected chi connectivity index (χ2v) is 8.15. The number of hydrogen-bond donors (Lipinski definition) is 0. The van der Waals surface area contributed by atoms with Gasteiger partial charge in [-0.25, -0.2) is 0 Å². The van der Waals surface area contributed by atoms with Crippen LogP contribution in [0.3, 0.4) is 0 Å². The van der Waals surface area contributed by atoms with E-state index < -0.39 is 0 Å². The van der Waals surface area contributed by atoms with Crippen molar-refractivity contribution in [2.45, 2.75) is 39.5 Å². The molecule has 4 aromatic rings. The van der Waals surface area contributed by atoms with Gasteiger partial charge in [-0.2, -0.15) is 35.0 Å². The van der Waals surface area contributed by atoms with Crippen molar-refractivity contribution < 1.29 is 49.0 Å². The van der Waals surface area contributed by atoms with Gasteiger partial charge in [0.05, 0.1) is 0 Å². The Hall–Kier alpha value is -1.01. The molecule has 0 aliphatic rings. The van der Waals surface area contributed by atoms with Crippen LogP contribution in [0.4, 0.5) is 0 Å². The quantitative estimate of drug-likeness (QED) is 0.380. The van der Waals surface area contributed by atoms with E-state index in [-0.39, 0.29) is 24.8 Å². The Bertz CT molecular complexity index is 770. The van der Waals surface area contributed by atoms with Crippen molar-refractivity contribution in [2.75, 3.05) is 0 Å². The second kappa shape index (κ2) is 15.9. The monoisotopic (exact) mass is 488 g/mol. The molecule has 0 aliphatic heterocycles. The molecule has 0 fully saturated rings. The van der Waals surface area contributed by atoms with Crippen LogP contribution < -0.4 is 24.8 Å².